The van der Waals surface area contributed by atoms with Crippen LogP contribution in [0.2, 0.25) is 5.02 Å². The van der Waals surface area contributed by atoms with Gasteiger partial charge < -0.3 is 14.9 Å². The summed E-state index contributed by atoms with van der Waals surface area (Å²) in [6, 6.07) is 19.7. The van der Waals surface area contributed by atoms with Crippen LogP contribution in [0, 0.1) is 10.6 Å². The number of aromatic nitrogens is 3. The molecule has 0 aliphatic rings. The molecule has 0 saturated carbocycles. The Balaban J connectivity index is 1.59. The topological polar surface area (TPSA) is 64.1 Å². The Morgan fingerprint density at radius 3 is 2.62 bits per heavy atom. The standard InChI is InChI=1S/C23H20ClFN4O2S/c1-30-20-12-5-9-16(21(20)31-14-17-18(24)10-6-11-19(17)25)13-26-29-22(27-28-23(29)32)15-7-3-2-4-8-15/h2-12,26H,13-14H2,1H3,(H,28,32). The second kappa shape index (κ2) is 9.84. The minimum Gasteiger partial charge on any atom is -0.493 e. The number of ether oxygens (including phenoxy) is 2. The Kier molecular flexibility index (Phi) is 6.72. The number of aromatic amines is 1. The van der Waals surface area contributed by atoms with Gasteiger partial charge in [-0.3, -0.25) is 0 Å². The summed E-state index contributed by atoms with van der Waals surface area (Å²) in [4.78, 5) is 0. The van der Waals surface area contributed by atoms with Gasteiger partial charge in [-0.25, -0.2) is 14.2 Å². The van der Waals surface area contributed by atoms with Crippen LogP contribution in [0.3, 0.4) is 0 Å². The van der Waals surface area contributed by atoms with Gasteiger partial charge in [0.1, 0.15) is 12.4 Å². The summed E-state index contributed by atoms with van der Waals surface area (Å²) >= 11 is 11.5. The number of halogens is 2. The van der Waals surface area contributed by atoms with E-state index in [-0.39, 0.29) is 12.2 Å². The highest BCUT2D eigenvalue weighted by Crippen LogP contribution is 2.33. The van der Waals surface area contributed by atoms with Gasteiger partial charge in [0.15, 0.2) is 17.3 Å². The Morgan fingerprint density at radius 1 is 1.09 bits per heavy atom. The average molecular weight is 471 g/mol. The molecule has 0 aliphatic carbocycles. The summed E-state index contributed by atoms with van der Waals surface area (Å²) in [5.74, 6) is 1.23. The highest BCUT2D eigenvalue weighted by atomic mass is 35.5. The molecule has 0 bridgehead atoms. The highest BCUT2D eigenvalue weighted by molar-refractivity contribution is 7.71. The van der Waals surface area contributed by atoms with Gasteiger partial charge >= 0.3 is 0 Å². The van der Waals surface area contributed by atoms with Crippen molar-refractivity contribution in [3.8, 4) is 22.9 Å². The fourth-order valence-corrected chi connectivity index (χ4v) is 3.64. The highest BCUT2D eigenvalue weighted by Gasteiger charge is 2.15. The summed E-state index contributed by atoms with van der Waals surface area (Å²) in [5, 5.41) is 7.43. The quantitative estimate of drug-likeness (QED) is 0.322. The molecule has 1 aromatic heterocycles. The molecule has 0 amide bonds. The third kappa shape index (κ3) is 4.61. The molecule has 2 N–H and O–H groups in total. The molecule has 4 rings (SSSR count). The smallest absolute Gasteiger partial charge is 0.214 e. The third-order valence-corrected chi connectivity index (χ3v) is 5.46. The summed E-state index contributed by atoms with van der Waals surface area (Å²) < 4.78 is 27.7. The van der Waals surface area contributed by atoms with E-state index in [0.717, 1.165) is 11.1 Å². The molecule has 0 fully saturated rings. The van der Waals surface area contributed by atoms with Crippen LogP contribution in [0.4, 0.5) is 4.39 Å². The van der Waals surface area contributed by atoms with Crippen LogP contribution in [-0.2, 0) is 13.2 Å². The first-order chi connectivity index (χ1) is 15.6. The molecule has 32 heavy (non-hydrogen) atoms. The molecule has 164 valence electrons. The van der Waals surface area contributed by atoms with Crippen molar-refractivity contribution in [1.29, 1.82) is 0 Å². The van der Waals surface area contributed by atoms with Crippen molar-refractivity contribution in [3.05, 3.63) is 93.5 Å². The molecule has 4 aromatic rings. The van der Waals surface area contributed by atoms with Crippen molar-refractivity contribution in [3.63, 3.8) is 0 Å². The first-order valence-corrected chi connectivity index (χ1v) is 10.6. The number of rotatable bonds is 8. The lowest BCUT2D eigenvalue weighted by Crippen LogP contribution is -2.17. The van der Waals surface area contributed by atoms with E-state index in [2.05, 4.69) is 15.6 Å². The Labute approximate surface area is 194 Å². The number of hydrogen-bond donors (Lipinski definition) is 2. The molecule has 9 heteroatoms. The Morgan fingerprint density at radius 2 is 1.88 bits per heavy atom. The van der Waals surface area contributed by atoms with E-state index in [0.29, 0.717) is 33.7 Å². The van der Waals surface area contributed by atoms with E-state index < -0.39 is 5.82 Å². The van der Waals surface area contributed by atoms with E-state index in [1.54, 1.807) is 30.0 Å². The van der Waals surface area contributed by atoms with Gasteiger partial charge in [0.25, 0.3) is 0 Å². The molecule has 0 unspecified atom stereocenters. The minimum atomic E-state index is -0.427. The lowest BCUT2D eigenvalue weighted by atomic mass is 10.1. The molecule has 0 spiro atoms. The van der Waals surface area contributed by atoms with E-state index in [1.165, 1.54) is 6.07 Å². The van der Waals surface area contributed by atoms with Crippen LogP contribution < -0.4 is 14.9 Å². The number of benzene rings is 3. The second-order valence-corrected chi connectivity index (χ2v) is 7.62. The molecular formula is C23H20ClFN4O2S. The molecule has 0 saturated heterocycles. The summed E-state index contributed by atoms with van der Waals surface area (Å²) in [7, 11) is 1.55. The third-order valence-electron chi connectivity index (χ3n) is 4.83. The van der Waals surface area contributed by atoms with Crippen LogP contribution in [0.15, 0.2) is 66.7 Å². The Hall–Kier alpha value is -3.36. The van der Waals surface area contributed by atoms with Crippen LogP contribution >= 0.6 is 23.8 Å². The zero-order chi connectivity index (χ0) is 22.5. The van der Waals surface area contributed by atoms with Gasteiger partial charge in [-0.05, 0) is 30.4 Å². The van der Waals surface area contributed by atoms with Crippen molar-refractivity contribution in [2.24, 2.45) is 0 Å². The van der Waals surface area contributed by atoms with Crippen molar-refractivity contribution in [2.45, 2.75) is 13.2 Å². The first kappa shape index (κ1) is 21.9. The van der Waals surface area contributed by atoms with Gasteiger partial charge in [0.2, 0.25) is 4.77 Å². The maximum atomic E-state index is 14.2. The van der Waals surface area contributed by atoms with Crippen LogP contribution in [0.5, 0.6) is 11.5 Å². The summed E-state index contributed by atoms with van der Waals surface area (Å²) in [5.41, 5.74) is 5.25. The molecular weight excluding hydrogens is 451 g/mol. The van der Waals surface area contributed by atoms with Crippen molar-refractivity contribution >= 4 is 23.8 Å². The predicted molar refractivity (Wildman–Crippen MR) is 125 cm³/mol. The Bertz CT molecular complexity index is 1260. The van der Waals surface area contributed by atoms with Crippen molar-refractivity contribution in [1.82, 2.24) is 14.9 Å². The van der Waals surface area contributed by atoms with Crippen LogP contribution in [0.25, 0.3) is 11.4 Å². The minimum absolute atomic E-state index is 0.0424. The van der Waals surface area contributed by atoms with Gasteiger partial charge in [-0.2, -0.15) is 5.10 Å². The number of H-pyrrole nitrogens is 1. The van der Waals surface area contributed by atoms with E-state index in [9.17, 15) is 4.39 Å². The van der Waals surface area contributed by atoms with Crippen molar-refractivity contribution in [2.75, 3.05) is 12.5 Å². The molecule has 0 aliphatic heterocycles. The molecule has 6 nitrogen and oxygen atoms in total. The van der Waals surface area contributed by atoms with Crippen molar-refractivity contribution < 1.29 is 13.9 Å². The lowest BCUT2D eigenvalue weighted by molar-refractivity contribution is 0.277. The van der Waals surface area contributed by atoms with Crippen LogP contribution in [0.1, 0.15) is 11.1 Å². The first-order valence-electron chi connectivity index (χ1n) is 9.76. The van der Waals surface area contributed by atoms with Gasteiger partial charge in [-0.1, -0.05) is 60.1 Å². The SMILES string of the molecule is COc1cccc(CNn2c(-c3ccccc3)n[nH]c2=S)c1OCc1c(F)cccc1Cl. The van der Waals surface area contributed by atoms with E-state index in [4.69, 9.17) is 33.3 Å². The molecule has 0 radical (unpaired) electrons. The van der Waals surface area contributed by atoms with Gasteiger partial charge in [-0.15, -0.1) is 0 Å². The number of para-hydroxylation sites is 1. The fourth-order valence-electron chi connectivity index (χ4n) is 3.23. The normalized spacial score (nSPS) is 10.7. The molecule has 3 aromatic carbocycles. The zero-order valence-corrected chi connectivity index (χ0v) is 18.7. The average Bonchev–Trinajstić information content (AvgIpc) is 3.18. The number of hydrogen-bond acceptors (Lipinski definition) is 5. The van der Waals surface area contributed by atoms with Crippen LogP contribution in [-0.4, -0.2) is 22.0 Å². The molecule has 1 heterocycles. The van der Waals surface area contributed by atoms with Gasteiger partial charge in [0.05, 0.1) is 18.7 Å². The fraction of sp³-hybridized carbons (Fsp3) is 0.130. The van der Waals surface area contributed by atoms with Gasteiger partial charge in [0, 0.05) is 16.7 Å². The van der Waals surface area contributed by atoms with E-state index in [1.807, 2.05) is 42.5 Å². The monoisotopic (exact) mass is 470 g/mol. The zero-order valence-electron chi connectivity index (χ0n) is 17.1. The van der Waals surface area contributed by atoms with E-state index >= 15 is 0 Å². The maximum Gasteiger partial charge on any atom is 0.214 e. The maximum absolute atomic E-state index is 14.2. The predicted octanol–water partition coefficient (Wildman–Crippen LogP) is 5.73. The second-order valence-electron chi connectivity index (χ2n) is 6.83. The lowest BCUT2D eigenvalue weighted by Gasteiger charge is -2.17. The summed E-state index contributed by atoms with van der Waals surface area (Å²) in [6.45, 7) is 0.310. The largest absolute Gasteiger partial charge is 0.493 e. The number of nitrogens with one attached hydrogen (secondary N) is 2. The molecule has 0 atom stereocenters. The number of methoxy groups -OCH3 is 1. The number of nitrogens with zero attached hydrogens (tertiary/aromatic N) is 2. The summed E-state index contributed by atoms with van der Waals surface area (Å²) in [6.07, 6.45) is 0.